The van der Waals surface area contributed by atoms with Crippen LogP contribution in [-0.2, 0) is 0 Å². The van der Waals surface area contributed by atoms with Crippen molar-refractivity contribution in [2.75, 3.05) is 0 Å². The minimum Gasteiger partial charge on any atom is -0.374 e. The maximum absolute atomic E-state index is 12.2. The molecule has 0 saturated carbocycles. The van der Waals surface area contributed by atoms with Crippen molar-refractivity contribution in [1.82, 2.24) is 9.97 Å². The lowest BCUT2D eigenvalue weighted by Gasteiger charge is -2.01. The van der Waals surface area contributed by atoms with Gasteiger partial charge in [-0.3, -0.25) is 4.79 Å². The molecule has 1 aromatic carbocycles. The number of amides is 1. The van der Waals surface area contributed by atoms with Gasteiger partial charge in [-0.25, -0.2) is 9.78 Å². The predicted molar refractivity (Wildman–Crippen MR) is 66.1 cm³/mol. The Morgan fingerprint density at radius 3 is 2.79 bits per heavy atom. The van der Waals surface area contributed by atoms with Crippen LogP contribution in [-0.4, -0.2) is 21.8 Å². The van der Waals surface area contributed by atoms with Gasteiger partial charge < -0.3 is 10.5 Å². The normalized spacial score (nSPS) is 11.9. The molecule has 2 aromatic rings. The fourth-order valence-corrected chi connectivity index (χ4v) is 2.11. The van der Waals surface area contributed by atoms with Crippen molar-refractivity contribution < 1.29 is 14.3 Å². The highest BCUT2D eigenvalue weighted by Crippen LogP contribution is 2.36. The second-order valence-electron chi connectivity index (χ2n) is 3.85. The molecule has 0 bridgehead atoms. The van der Waals surface area contributed by atoms with Gasteiger partial charge in [-0.1, -0.05) is 17.7 Å². The fourth-order valence-electron chi connectivity index (χ4n) is 1.94. The van der Waals surface area contributed by atoms with E-state index in [9.17, 15) is 9.59 Å². The Labute approximate surface area is 112 Å². The number of carbonyl (C=O) groups excluding carboxylic acids is 2. The van der Waals surface area contributed by atoms with Crippen molar-refractivity contribution in [3.05, 3.63) is 40.7 Å². The van der Waals surface area contributed by atoms with Crippen LogP contribution in [0.15, 0.2) is 24.4 Å². The van der Waals surface area contributed by atoms with E-state index in [0.717, 1.165) is 0 Å². The van der Waals surface area contributed by atoms with E-state index in [2.05, 4.69) is 14.7 Å². The van der Waals surface area contributed by atoms with Crippen molar-refractivity contribution in [3.8, 4) is 17.1 Å². The minimum atomic E-state index is -1.04. The van der Waals surface area contributed by atoms with Crippen LogP contribution in [0.5, 0.6) is 6.01 Å². The van der Waals surface area contributed by atoms with Crippen LogP contribution >= 0.6 is 11.6 Å². The number of hydrogen-bond donors (Lipinski definition) is 1. The third kappa shape index (κ3) is 1.82. The van der Waals surface area contributed by atoms with E-state index in [4.69, 9.17) is 17.3 Å². The Morgan fingerprint density at radius 2 is 2.05 bits per heavy atom. The van der Waals surface area contributed by atoms with Crippen LogP contribution < -0.4 is 10.5 Å². The lowest BCUT2D eigenvalue weighted by Crippen LogP contribution is -2.18. The van der Waals surface area contributed by atoms with Gasteiger partial charge in [0.15, 0.2) is 0 Å². The zero-order valence-electron chi connectivity index (χ0n) is 9.38. The van der Waals surface area contributed by atoms with Crippen molar-refractivity contribution in [2.24, 2.45) is 5.73 Å². The molecule has 1 amide bonds. The molecular formula is C12H6ClN3O3. The largest absolute Gasteiger partial charge is 0.412 e. The second-order valence-corrected chi connectivity index (χ2v) is 4.29. The number of rotatable bonds is 1. The molecule has 0 fully saturated rings. The Bertz CT molecular complexity index is 730. The van der Waals surface area contributed by atoms with Crippen molar-refractivity contribution in [1.29, 1.82) is 0 Å². The lowest BCUT2D eigenvalue weighted by atomic mass is 10.1. The second kappa shape index (κ2) is 4.03. The molecule has 0 spiro atoms. The predicted octanol–water partition coefficient (Wildman–Crippen LogP) is 1.80. The number of nitrogens with zero attached hydrogens (tertiary/aromatic N) is 2. The van der Waals surface area contributed by atoms with E-state index in [1.54, 1.807) is 18.2 Å². The first-order chi connectivity index (χ1) is 9.06. The van der Waals surface area contributed by atoms with Gasteiger partial charge in [0.1, 0.15) is 5.69 Å². The number of fused-ring (bicyclic) bond motifs is 3. The molecular weight excluding hydrogens is 270 g/mol. The molecule has 6 nitrogen and oxygen atoms in total. The van der Waals surface area contributed by atoms with Crippen molar-refractivity contribution in [2.45, 2.75) is 0 Å². The van der Waals surface area contributed by atoms with E-state index in [1.807, 2.05) is 0 Å². The summed E-state index contributed by atoms with van der Waals surface area (Å²) in [6.45, 7) is 0. The third-order valence-electron chi connectivity index (χ3n) is 2.69. The smallest absolute Gasteiger partial charge is 0.374 e. The summed E-state index contributed by atoms with van der Waals surface area (Å²) >= 11 is 5.86. The van der Waals surface area contributed by atoms with Gasteiger partial charge in [0.05, 0.1) is 0 Å². The maximum atomic E-state index is 12.2. The molecule has 0 unspecified atom stereocenters. The van der Waals surface area contributed by atoms with Crippen LogP contribution in [0.2, 0.25) is 5.02 Å². The molecule has 1 aliphatic carbocycles. The summed E-state index contributed by atoms with van der Waals surface area (Å²) in [7, 11) is 0. The molecule has 1 aromatic heterocycles. The van der Waals surface area contributed by atoms with Gasteiger partial charge in [-0.15, -0.1) is 0 Å². The number of primary amides is 1. The molecule has 0 aliphatic heterocycles. The lowest BCUT2D eigenvalue weighted by molar-refractivity contribution is 0.103. The summed E-state index contributed by atoms with van der Waals surface area (Å²) in [5.74, 6) is -0.288. The molecule has 1 aliphatic rings. The van der Waals surface area contributed by atoms with Crippen molar-refractivity contribution in [3.63, 3.8) is 0 Å². The Morgan fingerprint density at radius 1 is 1.26 bits per heavy atom. The number of halogens is 1. The monoisotopic (exact) mass is 275 g/mol. The molecule has 0 radical (unpaired) electrons. The summed E-state index contributed by atoms with van der Waals surface area (Å²) in [6, 6.07) is 4.71. The maximum Gasteiger partial charge on any atom is 0.412 e. The van der Waals surface area contributed by atoms with Crippen LogP contribution in [0.4, 0.5) is 4.79 Å². The number of aromatic nitrogens is 2. The van der Waals surface area contributed by atoms with E-state index < -0.39 is 6.09 Å². The average molecular weight is 276 g/mol. The quantitative estimate of drug-likeness (QED) is 0.730. The summed E-state index contributed by atoms with van der Waals surface area (Å²) < 4.78 is 4.55. The highest BCUT2D eigenvalue weighted by molar-refractivity contribution is 6.32. The van der Waals surface area contributed by atoms with E-state index in [-0.39, 0.29) is 17.5 Å². The zero-order chi connectivity index (χ0) is 13.6. The highest BCUT2D eigenvalue weighted by Gasteiger charge is 2.29. The first kappa shape index (κ1) is 11.6. The zero-order valence-corrected chi connectivity index (χ0v) is 10.1. The molecule has 19 heavy (non-hydrogen) atoms. The number of benzene rings is 1. The molecule has 0 atom stereocenters. The number of ether oxygens (including phenoxy) is 1. The van der Waals surface area contributed by atoms with Gasteiger partial charge in [0.25, 0.3) is 0 Å². The van der Waals surface area contributed by atoms with E-state index in [0.29, 0.717) is 21.7 Å². The SMILES string of the molecule is NC(=O)Oc1ncc2c(n1)C(=O)c1cc(Cl)ccc1-2. The number of nitrogens with two attached hydrogens (primary N) is 1. The topological polar surface area (TPSA) is 95.2 Å². The number of hydrogen-bond acceptors (Lipinski definition) is 5. The molecule has 7 heteroatoms. The van der Waals surface area contributed by atoms with Crippen LogP contribution in [0.25, 0.3) is 11.1 Å². The van der Waals surface area contributed by atoms with Gasteiger partial charge in [-0.2, -0.15) is 4.98 Å². The third-order valence-corrected chi connectivity index (χ3v) is 2.93. The van der Waals surface area contributed by atoms with Crippen LogP contribution in [0.1, 0.15) is 16.1 Å². The van der Waals surface area contributed by atoms with Gasteiger partial charge >= 0.3 is 12.1 Å². The van der Waals surface area contributed by atoms with Gasteiger partial charge in [0.2, 0.25) is 5.78 Å². The van der Waals surface area contributed by atoms with E-state index >= 15 is 0 Å². The first-order valence-corrected chi connectivity index (χ1v) is 5.63. The first-order valence-electron chi connectivity index (χ1n) is 5.25. The van der Waals surface area contributed by atoms with Crippen LogP contribution in [0.3, 0.4) is 0 Å². The number of ketones is 1. The Kier molecular flexibility index (Phi) is 2.46. The summed E-state index contributed by atoms with van der Waals surface area (Å²) in [6.07, 6.45) is 0.379. The summed E-state index contributed by atoms with van der Waals surface area (Å²) in [5, 5.41) is 0.460. The Balaban J connectivity index is 2.13. The molecule has 2 N–H and O–H groups in total. The molecule has 3 rings (SSSR count). The molecule has 1 heterocycles. The standard InChI is InChI=1S/C12H6ClN3O3/c13-5-1-2-6-7(3-5)10(17)9-8(6)4-15-12(16-9)19-11(14)18/h1-4H,(H2,14,18). The number of carbonyl (C=O) groups is 2. The molecule has 0 saturated heterocycles. The van der Waals surface area contributed by atoms with Gasteiger partial charge in [0, 0.05) is 22.3 Å². The van der Waals surface area contributed by atoms with E-state index in [1.165, 1.54) is 6.20 Å². The van der Waals surface area contributed by atoms with Crippen LogP contribution in [0, 0.1) is 0 Å². The minimum absolute atomic E-state index is 0.170. The van der Waals surface area contributed by atoms with Gasteiger partial charge in [-0.05, 0) is 17.7 Å². The fraction of sp³-hybridized carbons (Fsp3) is 0. The average Bonchev–Trinajstić information content (AvgIpc) is 2.62. The molecule has 94 valence electrons. The highest BCUT2D eigenvalue weighted by atomic mass is 35.5. The summed E-state index contributed by atoms with van der Waals surface area (Å²) in [5.41, 5.74) is 6.77. The van der Waals surface area contributed by atoms with Crippen molar-refractivity contribution >= 4 is 23.5 Å². The Hall–Kier alpha value is -2.47. The summed E-state index contributed by atoms with van der Waals surface area (Å²) in [4.78, 5) is 30.5.